The van der Waals surface area contributed by atoms with E-state index in [0.29, 0.717) is 0 Å². The third-order valence-electron chi connectivity index (χ3n) is 3.32. The first-order valence-corrected chi connectivity index (χ1v) is 7.11. The summed E-state index contributed by atoms with van der Waals surface area (Å²) in [7, 11) is 0. The number of rotatable bonds is 9. The molecule has 0 aliphatic heterocycles. The van der Waals surface area contributed by atoms with Gasteiger partial charge in [-0.15, -0.1) is 0 Å². The van der Waals surface area contributed by atoms with E-state index in [1.165, 1.54) is 45.3 Å². The maximum absolute atomic E-state index is 3.51. The molecule has 0 amide bonds. The van der Waals surface area contributed by atoms with Crippen molar-refractivity contribution in [1.82, 2.24) is 10.2 Å². The summed E-state index contributed by atoms with van der Waals surface area (Å²) < 4.78 is 0. The molecule has 2 heteroatoms. The summed E-state index contributed by atoms with van der Waals surface area (Å²) in [5.74, 6) is 0.798. The zero-order chi connectivity index (χ0) is 12.0. The van der Waals surface area contributed by atoms with Gasteiger partial charge in [0.1, 0.15) is 0 Å². The lowest BCUT2D eigenvalue weighted by Crippen LogP contribution is -2.39. The Morgan fingerprint density at radius 2 is 1.88 bits per heavy atom. The molecule has 1 fully saturated rings. The Morgan fingerprint density at radius 1 is 1.19 bits per heavy atom. The van der Waals surface area contributed by atoms with E-state index < -0.39 is 0 Å². The van der Waals surface area contributed by atoms with E-state index in [2.05, 4.69) is 37.9 Å². The van der Waals surface area contributed by atoms with Crippen molar-refractivity contribution < 1.29 is 0 Å². The van der Waals surface area contributed by atoms with Gasteiger partial charge in [-0.3, -0.25) is 4.90 Å². The lowest BCUT2D eigenvalue weighted by molar-refractivity contribution is 0.168. The van der Waals surface area contributed by atoms with Crippen LogP contribution in [0.3, 0.4) is 0 Å². The molecular weight excluding hydrogens is 196 g/mol. The van der Waals surface area contributed by atoms with Gasteiger partial charge < -0.3 is 5.32 Å². The molecule has 96 valence electrons. The second-order valence-corrected chi connectivity index (χ2v) is 5.71. The molecule has 0 aromatic heterocycles. The zero-order valence-corrected chi connectivity index (χ0v) is 11.6. The average Bonchev–Trinajstić information content (AvgIpc) is 3.04. The van der Waals surface area contributed by atoms with Crippen LogP contribution in [0, 0.1) is 5.92 Å². The first-order chi connectivity index (χ1) is 7.65. The number of nitrogens with zero attached hydrogens (tertiary/aromatic N) is 1. The average molecular weight is 226 g/mol. The molecule has 1 atom stereocenters. The minimum Gasteiger partial charge on any atom is -0.317 e. The molecule has 2 nitrogen and oxygen atoms in total. The Labute approximate surface area is 102 Å². The van der Waals surface area contributed by atoms with Crippen LogP contribution in [0.15, 0.2) is 0 Å². The molecule has 0 radical (unpaired) electrons. The lowest BCUT2D eigenvalue weighted by atomic mass is 10.1. The maximum atomic E-state index is 3.51. The Bertz CT molecular complexity index is 176. The predicted octanol–water partition coefficient (Wildman–Crippen LogP) is 2.89. The van der Waals surface area contributed by atoms with E-state index in [0.717, 1.165) is 18.0 Å². The topological polar surface area (TPSA) is 15.3 Å². The fourth-order valence-electron chi connectivity index (χ4n) is 2.30. The number of nitrogens with one attached hydrogen (secondary N) is 1. The van der Waals surface area contributed by atoms with Crippen molar-refractivity contribution in [3.8, 4) is 0 Å². The molecule has 0 aromatic rings. The summed E-state index contributed by atoms with van der Waals surface area (Å²) in [4.78, 5) is 2.73. The fraction of sp³-hybridized carbons (Fsp3) is 1.00. The first-order valence-electron chi connectivity index (χ1n) is 7.11. The minimum absolute atomic E-state index is 0.749. The van der Waals surface area contributed by atoms with Crippen LogP contribution in [0.5, 0.6) is 0 Å². The van der Waals surface area contributed by atoms with Gasteiger partial charge in [0.15, 0.2) is 0 Å². The quantitative estimate of drug-likeness (QED) is 0.608. The summed E-state index contributed by atoms with van der Waals surface area (Å²) in [6.07, 6.45) is 5.40. The second kappa shape index (κ2) is 7.29. The van der Waals surface area contributed by atoms with Crippen LogP contribution in [-0.2, 0) is 0 Å². The maximum Gasteiger partial charge on any atom is 0.00993 e. The Balaban J connectivity index is 2.21. The van der Waals surface area contributed by atoms with Gasteiger partial charge >= 0.3 is 0 Å². The highest BCUT2D eigenvalue weighted by atomic mass is 15.2. The third-order valence-corrected chi connectivity index (χ3v) is 3.32. The van der Waals surface area contributed by atoms with Gasteiger partial charge in [0.05, 0.1) is 0 Å². The molecule has 1 aliphatic carbocycles. The zero-order valence-electron chi connectivity index (χ0n) is 11.6. The lowest BCUT2D eigenvalue weighted by Gasteiger charge is -2.30. The van der Waals surface area contributed by atoms with E-state index in [4.69, 9.17) is 0 Å². The van der Waals surface area contributed by atoms with Crippen molar-refractivity contribution in [2.75, 3.05) is 19.6 Å². The molecule has 0 heterocycles. The van der Waals surface area contributed by atoms with Crippen molar-refractivity contribution in [3.63, 3.8) is 0 Å². The standard InChI is InChI=1S/C14H30N2/c1-5-9-15-10-8-13(4)16(11-12(2)3)14-6-7-14/h12-15H,5-11H2,1-4H3. The van der Waals surface area contributed by atoms with E-state index in [1.54, 1.807) is 0 Å². The minimum atomic E-state index is 0.749. The van der Waals surface area contributed by atoms with Crippen LogP contribution >= 0.6 is 0 Å². The van der Waals surface area contributed by atoms with Gasteiger partial charge in [-0.2, -0.15) is 0 Å². The van der Waals surface area contributed by atoms with Crippen LogP contribution in [0.25, 0.3) is 0 Å². The van der Waals surface area contributed by atoms with Gasteiger partial charge in [-0.05, 0) is 51.6 Å². The van der Waals surface area contributed by atoms with Gasteiger partial charge in [-0.25, -0.2) is 0 Å². The van der Waals surface area contributed by atoms with Gasteiger partial charge in [-0.1, -0.05) is 20.8 Å². The molecule has 1 saturated carbocycles. The molecule has 16 heavy (non-hydrogen) atoms. The highest BCUT2D eigenvalue weighted by molar-refractivity contribution is 4.88. The summed E-state index contributed by atoms with van der Waals surface area (Å²) >= 11 is 0. The molecular formula is C14H30N2. The number of hydrogen-bond acceptors (Lipinski definition) is 2. The van der Waals surface area contributed by atoms with Gasteiger partial charge in [0.25, 0.3) is 0 Å². The molecule has 1 unspecified atom stereocenters. The normalized spacial score (nSPS) is 18.4. The van der Waals surface area contributed by atoms with Gasteiger partial charge in [0.2, 0.25) is 0 Å². The highest BCUT2D eigenvalue weighted by Crippen LogP contribution is 2.29. The predicted molar refractivity (Wildman–Crippen MR) is 71.8 cm³/mol. The van der Waals surface area contributed by atoms with Crippen molar-refractivity contribution in [2.24, 2.45) is 5.92 Å². The van der Waals surface area contributed by atoms with Crippen LogP contribution in [0.4, 0.5) is 0 Å². The molecule has 0 spiro atoms. The molecule has 0 saturated heterocycles. The van der Waals surface area contributed by atoms with Crippen LogP contribution in [0.2, 0.25) is 0 Å². The van der Waals surface area contributed by atoms with Crippen LogP contribution in [-0.4, -0.2) is 36.6 Å². The molecule has 1 rings (SSSR count). The molecule has 0 aromatic carbocycles. The Hall–Kier alpha value is -0.0800. The van der Waals surface area contributed by atoms with Crippen molar-refractivity contribution in [3.05, 3.63) is 0 Å². The van der Waals surface area contributed by atoms with Crippen LogP contribution < -0.4 is 5.32 Å². The van der Waals surface area contributed by atoms with E-state index in [9.17, 15) is 0 Å². The highest BCUT2D eigenvalue weighted by Gasteiger charge is 2.31. The van der Waals surface area contributed by atoms with Crippen molar-refractivity contribution >= 4 is 0 Å². The Morgan fingerprint density at radius 3 is 2.38 bits per heavy atom. The smallest absolute Gasteiger partial charge is 0.00993 e. The summed E-state index contributed by atoms with van der Waals surface area (Å²) in [6, 6.07) is 1.66. The second-order valence-electron chi connectivity index (χ2n) is 5.71. The first kappa shape index (κ1) is 14.0. The van der Waals surface area contributed by atoms with E-state index in [1.807, 2.05) is 0 Å². The summed E-state index contributed by atoms with van der Waals surface area (Å²) in [5.41, 5.74) is 0. The SMILES string of the molecule is CCCNCCC(C)N(CC(C)C)C1CC1. The Kier molecular flexibility index (Phi) is 6.37. The van der Waals surface area contributed by atoms with Crippen LogP contribution in [0.1, 0.15) is 53.4 Å². The largest absolute Gasteiger partial charge is 0.317 e. The van der Waals surface area contributed by atoms with Gasteiger partial charge in [0, 0.05) is 18.6 Å². The fourth-order valence-corrected chi connectivity index (χ4v) is 2.30. The summed E-state index contributed by atoms with van der Waals surface area (Å²) in [5, 5.41) is 3.51. The third kappa shape index (κ3) is 5.31. The molecule has 0 bridgehead atoms. The van der Waals surface area contributed by atoms with E-state index >= 15 is 0 Å². The monoisotopic (exact) mass is 226 g/mol. The van der Waals surface area contributed by atoms with Crippen molar-refractivity contribution in [2.45, 2.75) is 65.5 Å². The van der Waals surface area contributed by atoms with Crippen molar-refractivity contribution in [1.29, 1.82) is 0 Å². The molecule has 1 N–H and O–H groups in total. The molecule has 1 aliphatic rings. The van der Waals surface area contributed by atoms with E-state index in [-0.39, 0.29) is 0 Å². The number of hydrogen-bond donors (Lipinski definition) is 1. The summed E-state index contributed by atoms with van der Waals surface area (Å²) in [6.45, 7) is 12.9.